The van der Waals surface area contributed by atoms with Gasteiger partial charge in [-0.15, -0.1) is 0 Å². The van der Waals surface area contributed by atoms with E-state index in [0.29, 0.717) is 6.41 Å². The quantitative estimate of drug-likeness (QED) is 0.630. The number of carbonyl (C=O) groups excluding carboxylic acids is 1. The Morgan fingerprint density at radius 1 is 1.62 bits per heavy atom. The molecule has 0 fully saturated rings. The van der Waals surface area contributed by atoms with E-state index in [0.717, 1.165) is 11.3 Å². The van der Waals surface area contributed by atoms with E-state index in [2.05, 4.69) is 10.3 Å². The predicted octanol–water partition coefficient (Wildman–Crippen LogP) is 0.947. The molecule has 0 bridgehead atoms. The number of rotatable bonds is 3. The van der Waals surface area contributed by atoms with Crippen LogP contribution in [-0.4, -0.2) is 19.8 Å². The molecule has 1 aromatic heterocycles. The zero-order valence-electron chi connectivity index (χ0n) is 6.44. The second kappa shape index (κ2) is 3.60. The first-order valence-electron chi connectivity index (χ1n) is 3.07. The molecule has 0 unspecified atom stereocenters. The molecular weight excluding hydrogens is 236 g/mol. The zero-order valence-corrected chi connectivity index (χ0v) is 8.83. The van der Waals surface area contributed by atoms with Gasteiger partial charge >= 0.3 is 0 Å². The van der Waals surface area contributed by atoms with Crippen LogP contribution in [0.4, 0.5) is 5.13 Å². The summed E-state index contributed by atoms with van der Waals surface area (Å²) in [6, 6.07) is 0. The van der Waals surface area contributed by atoms with Crippen molar-refractivity contribution in [2.75, 3.05) is 5.32 Å². The Labute approximate surface area is 83.2 Å². The van der Waals surface area contributed by atoms with E-state index in [1.54, 1.807) is 0 Å². The molecule has 0 aromatic carbocycles. The summed E-state index contributed by atoms with van der Waals surface area (Å²) in [6.07, 6.45) is 0.420. The molecule has 13 heavy (non-hydrogen) atoms. The van der Waals surface area contributed by atoms with Crippen LogP contribution in [0, 0.1) is 6.92 Å². The minimum atomic E-state index is -3.76. The van der Waals surface area contributed by atoms with E-state index in [-0.39, 0.29) is 15.0 Å². The molecule has 1 N–H and O–H groups in total. The van der Waals surface area contributed by atoms with Gasteiger partial charge in [0.1, 0.15) is 0 Å². The normalized spacial score (nSPS) is 11.2. The van der Waals surface area contributed by atoms with Crippen LogP contribution in [0.2, 0.25) is 0 Å². The van der Waals surface area contributed by atoms with Gasteiger partial charge in [0.05, 0.1) is 5.69 Å². The van der Waals surface area contributed by atoms with Gasteiger partial charge in [0.15, 0.2) is 9.34 Å². The smallest absolute Gasteiger partial charge is 0.272 e. The number of thiazole rings is 1. The van der Waals surface area contributed by atoms with Gasteiger partial charge in [-0.3, -0.25) is 4.79 Å². The average molecular weight is 241 g/mol. The maximum Gasteiger partial charge on any atom is 0.272 e. The van der Waals surface area contributed by atoms with Gasteiger partial charge in [-0.25, -0.2) is 13.4 Å². The first-order valence-corrected chi connectivity index (χ1v) is 6.20. The first kappa shape index (κ1) is 10.4. The monoisotopic (exact) mass is 240 g/mol. The Hall–Kier alpha value is -0.660. The third-order valence-corrected chi connectivity index (χ3v) is 4.43. The van der Waals surface area contributed by atoms with Crippen molar-refractivity contribution in [3.63, 3.8) is 0 Å². The number of hydrogen-bond acceptors (Lipinski definition) is 5. The lowest BCUT2D eigenvalue weighted by molar-refractivity contribution is -0.105. The third-order valence-electron chi connectivity index (χ3n) is 1.16. The molecule has 5 nitrogen and oxygen atoms in total. The molecule has 1 aromatic rings. The molecule has 0 radical (unpaired) electrons. The van der Waals surface area contributed by atoms with Crippen LogP contribution in [0.3, 0.4) is 0 Å². The van der Waals surface area contributed by atoms with Crippen molar-refractivity contribution in [3.8, 4) is 0 Å². The van der Waals surface area contributed by atoms with Gasteiger partial charge < -0.3 is 5.32 Å². The fourth-order valence-corrected chi connectivity index (χ4v) is 3.03. The second-order valence-corrected chi connectivity index (χ2v) is 5.85. The van der Waals surface area contributed by atoms with Gasteiger partial charge in [-0.2, -0.15) is 0 Å². The van der Waals surface area contributed by atoms with Crippen LogP contribution in [-0.2, 0) is 13.8 Å². The van der Waals surface area contributed by atoms with Crippen molar-refractivity contribution in [1.29, 1.82) is 0 Å². The van der Waals surface area contributed by atoms with E-state index in [9.17, 15) is 13.2 Å². The van der Waals surface area contributed by atoms with E-state index in [4.69, 9.17) is 10.7 Å². The van der Waals surface area contributed by atoms with Crippen LogP contribution >= 0.6 is 22.0 Å². The van der Waals surface area contributed by atoms with Crippen molar-refractivity contribution in [2.45, 2.75) is 11.1 Å². The molecule has 0 spiro atoms. The highest BCUT2D eigenvalue weighted by Gasteiger charge is 2.18. The second-order valence-electron chi connectivity index (χ2n) is 2.09. The largest absolute Gasteiger partial charge is 0.305 e. The average Bonchev–Trinajstić information content (AvgIpc) is 2.30. The van der Waals surface area contributed by atoms with E-state index in [1.807, 2.05) is 0 Å². The first-order chi connectivity index (χ1) is 5.95. The Morgan fingerprint density at radius 3 is 2.62 bits per heavy atom. The summed E-state index contributed by atoms with van der Waals surface area (Å²) in [5.74, 6) is 0. The van der Waals surface area contributed by atoms with Crippen molar-refractivity contribution < 1.29 is 13.2 Å². The maximum absolute atomic E-state index is 10.9. The molecule has 8 heteroatoms. The lowest BCUT2D eigenvalue weighted by atomic mass is 10.6. The van der Waals surface area contributed by atoms with Crippen LogP contribution in [0.25, 0.3) is 0 Å². The van der Waals surface area contributed by atoms with Gasteiger partial charge in [-0.05, 0) is 6.92 Å². The number of halogens is 1. The topological polar surface area (TPSA) is 76.1 Å². The highest BCUT2D eigenvalue weighted by Crippen LogP contribution is 2.29. The molecule has 0 aliphatic carbocycles. The van der Waals surface area contributed by atoms with Crippen LogP contribution in [0.5, 0.6) is 0 Å². The molecule has 1 heterocycles. The fraction of sp³-hybridized carbons (Fsp3) is 0.200. The van der Waals surface area contributed by atoms with Crippen molar-refractivity contribution in [1.82, 2.24) is 4.98 Å². The third kappa shape index (κ3) is 2.39. The van der Waals surface area contributed by atoms with Gasteiger partial charge in [0, 0.05) is 10.7 Å². The molecule has 1 rings (SSSR count). The number of aryl methyl sites for hydroxylation is 1. The summed E-state index contributed by atoms with van der Waals surface area (Å²) in [7, 11) is 1.35. The summed E-state index contributed by atoms with van der Waals surface area (Å²) < 4.78 is 21.7. The Balaban J connectivity index is 3.18. The molecule has 0 saturated heterocycles. The van der Waals surface area contributed by atoms with Crippen LogP contribution in [0.1, 0.15) is 5.69 Å². The van der Waals surface area contributed by atoms with Crippen LogP contribution < -0.4 is 5.32 Å². The Kier molecular flexibility index (Phi) is 2.89. The standard InChI is InChI=1S/C5H5ClN2O3S2/c1-3-4(13(6,10)11)12-5(8-3)7-2-9/h2H,1H3,(H,7,8,9). The van der Waals surface area contributed by atoms with Crippen molar-refractivity contribution >= 4 is 42.6 Å². The minimum absolute atomic E-state index is 0.0430. The predicted molar refractivity (Wildman–Crippen MR) is 49.6 cm³/mol. The number of amides is 1. The molecule has 1 amide bonds. The summed E-state index contributed by atoms with van der Waals surface area (Å²) in [4.78, 5) is 13.8. The number of nitrogens with zero attached hydrogens (tertiary/aromatic N) is 1. The summed E-state index contributed by atoms with van der Waals surface area (Å²) in [5.41, 5.74) is 0.282. The molecule has 72 valence electrons. The van der Waals surface area contributed by atoms with E-state index < -0.39 is 9.05 Å². The molecule has 0 aliphatic rings. The lowest BCUT2D eigenvalue weighted by Crippen LogP contribution is -1.91. The SMILES string of the molecule is Cc1nc(NC=O)sc1S(=O)(=O)Cl. The maximum atomic E-state index is 10.9. The molecule has 0 saturated carbocycles. The van der Waals surface area contributed by atoms with Crippen LogP contribution in [0.15, 0.2) is 4.21 Å². The number of carbonyl (C=O) groups is 1. The number of nitrogens with one attached hydrogen (secondary N) is 1. The summed E-state index contributed by atoms with van der Waals surface area (Å²) >= 11 is 0.818. The van der Waals surface area contributed by atoms with Gasteiger partial charge in [0.25, 0.3) is 9.05 Å². The Bertz CT molecular complexity index is 425. The Morgan fingerprint density at radius 2 is 2.23 bits per heavy atom. The fourth-order valence-electron chi connectivity index (χ4n) is 0.721. The highest BCUT2D eigenvalue weighted by molar-refractivity contribution is 8.15. The van der Waals surface area contributed by atoms with Gasteiger partial charge in [-0.1, -0.05) is 11.3 Å². The molecule has 0 aliphatic heterocycles. The number of anilines is 1. The number of aromatic nitrogens is 1. The van der Waals surface area contributed by atoms with E-state index in [1.165, 1.54) is 6.92 Å². The van der Waals surface area contributed by atoms with Crippen molar-refractivity contribution in [2.24, 2.45) is 0 Å². The number of hydrogen-bond donors (Lipinski definition) is 1. The highest BCUT2D eigenvalue weighted by atomic mass is 35.7. The lowest BCUT2D eigenvalue weighted by Gasteiger charge is -1.87. The van der Waals surface area contributed by atoms with E-state index >= 15 is 0 Å². The summed E-state index contributed by atoms with van der Waals surface area (Å²) in [5, 5.41) is 2.46. The van der Waals surface area contributed by atoms with Crippen molar-refractivity contribution in [3.05, 3.63) is 5.69 Å². The molecular formula is C5H5ClN2O3S2. The summed E-state index contributed by atoms with van der Waals surface area (Å²) in [6.45, 7) is 1.50. The zero-order chi connectivity index (χ0) is 10.1. The minimum Gasteiger partial charge on any atom is -0.305 e. The molecule has 0 atom stereocenters. The van der Waals surface area contributed by atoms with Gasteiger partial charge in [0.2, 0.25) is 6.41 Å².